The highest BCUT2D eigenvalue weighted by Crippen LogP contribution is 2.39. The minimum Gasteiger partial charge on any atom is -0.448 e. The Balaban J connectivity index is 1.80. The third-order valence-electron chi connectivity index (χ3n) is 4.33. The normalized spacial score (nSPS) is 27.2. The molecular formula is C20H18ClFO5. The summed E-state index contributed by atoms with van der Waals surface area (Å²) >= 11 is 5.90. The van der Waals surface area contributed by atoms with Crippen molar-refractivity contribution in [3.63, 3.8) is 0 Å². The lowest BCUT2D eigenvalue weighted by Crippen LogP contribution is -2.44. The number of alkyl halides is 2. The van der Waals surface area contributed by atoms with Crippen LogP contribution in [-0.4, -0.2) is 35.6 Å². The van der Waals surface area contributed by atoms with Gasteiger partial charge in [-0.25, -0.2) is 14.0 Å². The molecule has 0 aliphatic carbocycles. The molecule has 1 saturated heterocycles. The lowest BCUT2D eigenvalue weighted by molar-refractivity contribution is -0.129. The molecule has 1 aliphatic heterocycles. The molecule has 2 aromatic carbocycles. The lowest BCUT2D eigenvalue weighted by atomic mass is 10.0. The standard InChI is InChI=1S/C20H18ClFO5/c1-12-8-6-7-11-14(12)17(24)26-18-15(20(2,22)19(21)27-18)25-16(23)13-9-4-3-5-10-13/h3-11,15,18-19H,1-2H3/t15-,18-,19?,20-/m1/s1. The molecule has 3 rings (SSSR count). The Kier molecular flexibility index (Phi) is 5.48. The zero-order valence-electron chi connectivity index (χ0n) is 14.7. The van der Waals surface area contributed by atoms with E-state index in [1.54, 1.807) is 49.4 Å². The van der Waals surface area contributed by atoms with Crippen molar-refractivity contribution in [2.45, 2.75) is 37.5 Å². The summed E-state index contributed by atoms with van der Waals surface area (Å²) < 4.78 is 30.8. The fourth-order valence-corrected chi connectivity index (χ4v) is 2.93. The van der Waals surface area contributed by atoms with Gasteiger partial charge >= 0.3 is 11.9 Å². The Morgan fingerprint density at radius 2 is 1.67 bits per heavy atom. The van der Waals surface area contributed by atoms with Gasteiger partial charge in [0.25, 0.3) is 0 Å². The first-order valence-corrected chi connectivity index (χ1v) is 8.75. The quantitative estimate of drug-likeness (QED) is 0.580. The van der Waals surface area contributed by atoms with Crippen LogP contribution in [-0.2, 0) is 14.2 Å². The number of carbonyl (C=O) groups excluding carboxylic acids is 2. The topological polar surface area (TPSA) is 61.8 Å². The SMILES string of the molecule is Cc1ccccc1C(=O)O[C@@H]1OC(Cl)[C@](C)(F)[C@@H]1OC(=O)c1ccccc1. The van der Waals surface area contributed by atoms with Crippen LogP contribution in [0.4, 0.5) is 4.39 Å². The molecule has 0 aromatic heterocycles. The Hall–Kier alpha value is -2.44. The van der Waals surface area contributed by atoms with Crippen molar-refractivity contribution in [1.82, 2.24) is 0 Å². The van der Waals surface area contributed by atoms with Crippen LogP contribution in [0.2, 0.25) is 0 Å². The van der Waals surface area contributed by atoms with E-state index in [0.717, 1.165) is 6.92 Å². The van der Waals surface area contributed by atoms with Crippen molar-refractivity contribution in [1.29, 1.82) is 0 Å². The molecule has 4 atom stereocenters. The summed E-state index contributed by atoms with van der Waals surface area (Å²) in [5, 5.41) is 0. The first-order chi connectivity index (χ1) is 12.8. The first kappa shape index (κ1) is 19.3. The molecule has 1 aliphatic rings. The smallest absolute Gasteiger partial charge is 0.340 e. The van der Waals surface area contributed by atoms with E-state index in [1.807, 2.05) is 0 Å². The second-order valence-electron chi connectivity index (χ2n) is 6.38. The summed E-state index contributed by atoms with van der Waals surface area (Å²) in [5.74, 6) is -1.49. The second kappa shape index (κ2) is 7.66. The summed E-state index contributed by atoms with van der Waals surface area (Å²) in [6.45, 7) is 2.87. The Morgan fingerprint density at radius 1 is 1.04 bits per heavy atom. The molecular weight excluding hydrogens is 375 g/mol. The van der Waals surface area contributed by atoms with Crippen LogP contribution in [0.15, 0.2) is 54.6 Å². The lowest BCUT2D eigenvalue weighted by Gasteiger charge is -2.25. The number of ether oxygens (including phenoxy) is 3. The zero-order valence-corrected chi connectivity index (χ0v) is 15.5. The third-order valence-corrected chi connectivity index (χ3v) is 4.86. The van der Waals surface area contributed by atoms with Crippen molar-refractivity contribution in [3.05, 3.63) is 71.3 Å². The molecule has 2 aromatic rings. The Bertz CT molecular complexity index is 839. The van der Waals surface area contributed by atoms with Gasteiger partial charge in [0, 0.05) is 0 Å². The predicted molar refractivity (Wildman–Crippen MR) is 96.3 cm³/mol. The molecule has 0 N–H and O–H groups in total. The van der Waals surface area contributed by atoms with Crippen LogP contribution in [0.1, 0.15) is 33.2 Å². The molecule has 0 bridgehead atoms. The molecule has 5 nitrogen and oxygen atoms in total. The van der Waals surface area contributed by atoms with E-state index >= 15 is 4.39 Å². The van der Waals surface area contributed by atoms with Gasteiger partial charge in [-0.2, -0.15) is 0 Å². The summed E-state index contributed by atoms with van der Waals surface area (Å²) in [6.07, 6.45) is -2.98. The van der Waals surface area contributed by atoms with Gasteiger partial charge in [-0.15, -0.1) is 0 Å². The van der Waals surface area contributed by atoms with Crippen LogP contribution in [0.3, 0.4) is 0 Å². The molecule has 0 spiro atoms. The summed E-state index contributed by atoms with van der Waals surface area (Å²) in [7, 11) is 0. The minimum atomic E-state index is -2.25. The maximum absolute atomic E-state index is 15.0. The van der Waals surface area contributed by atoms with E-state index in [4.69, 9.17) is 25.8 Å². The van der Waals surface area contributed by atoms with Crippen LogP contribution >= 0.6 is 11.6 Å². The number of carbonyl (C=O) groups is 2. The summed E-state index contributed by atoms with van der Waals surface area (Å²) in [6, 6.07) is 14.8. The van der Waals surface area contributed by atoms with Gasteiger partial charge in [-0.1, -0.05) is 48.0 Å². The molecule has 1 fully saturated rings. The van der Waals surface area contributed by atoms with Gasteiger partial charge in [0.05, 0.1) is 11.1 Å². The maximum Gasteiger partial charge on any atom is 0.340 e. The largest absolute Gasteiger partial charge is 0.448 e. The molecule has 0 amide bonds. The number of benzene rings is 2. The third kappa shape index (κ3) is 3.96. The summed E-state index contributed by atoms with van der Waals surface area (Å²) in [4.78, 5) is 24.8. The number of esters is 2. The Morgan fingerprint density at radius 3 is 2.33 bits per heavy atom. The predicted octanol–water partition coefficient (Wildman–Crippen LogP) is 4.03. The van der Waals surface area contributed by atoms with Gasteiger partial charge in [-0.05, 0) is 37.6 Å². The highest BCUT2D eigenvalue weighted by Gasteiger charge is 2.58. The van der Waals surface area contributed by atoms with Gasteiger partial charge in [0.1, 0.15) is 0 Å². The minimum absolute atomic E-state index is 0.232. The maximum atomic E-state index is 15.0. The summed E-state index contributed by atoms with van der Waals surface area (Å²) in [5.41, 5.74) is -2.48. The molecule has 1 heterocycles. The average Bonchev–Trinajstić information content (AvgIpc) is 2.85. The van der Waals surface area contributed by atoms with Crippen LogP contribution in [0, 0.1) is 6.92 Å². The van der Waals surface area contributed by atoms with Crippen LogP contribution in [0.5, 0.6) is 0 Å². The highest BCUT2D eigenvalue weighted by atomic mass is 35.5. The zero-order chi connectivity index (χ0) is 19.6. The van der Waals surface area contributed by atoms with Crippen molar-refractivity contribution in [3.8, 4) is 0 Å². The van der Waals surface area contributed by atoms with E-state index in [0.29, 0.717) is 11.1 Å². The monoisotopic (exact) mass is 392 g/mol. The fraction of sp³-hybridized carbons (Fsp3) is 0.300. The number of rotatable bonds is 4. The number of hydrogen-bond donors (Lipinski definition) is 0. The Labute approximate surface area is 161 Å². The average molecular weight is 393 g/mol. The first-order valence-electron chi connectivity index (χ1n) is 8.32. The molecule has 7 heteroatoms. The molecule has 0 radical (unpaired) electrons. The van der Waals surface area contributed by atoms with Crippen molar-refractivity contribution in [2.24, 2.45) is 0 Å². The van der Waals surface area contributed by atoms with E-state index in [-0.39, 0.29) is 5.56 Å². The molecule has 1 unspecified atom stereocenters. The van der Waals surface area contributed by atoms with Crippen LogP contribution < -0.4 is 0 Å². The van der Waals surface area contributed by atoms with Crippen molar-refractivity contribution < 1.29 is 28.2 Å². The molecule has 0 saturated carbocycles. The fourth-order valence-electron chi connectivity index (χ4n) is 2.71. The second-order valence-corrected chi connectivity index (χ2v) is 6.78. The van der Waals surface area contributed by atoms with E-state index in [9.17, 15) is 9.59 Å². The number of halogens is 2. The van der Waals surface area contributed by atoms with E-state index < -0.39 is 35.6 Å². The van der Waals surface area contributed by atoms with Crippen molar-refractivity contribution in [2.75, 3.05) is 0 Å². The van der Waals surface area contributed by atoms with E-state index in [2.05, 4.69) is 0 Å². The van der Waals surface area contributed by atoms with Crippen LogP contribution in [0.25, 0.3) is 0 Å². The van der Waals surface area contributed by atoms with E-state index in [1.165, 1.54) is 12.1 Å². The van der Waals surface area contributed by atoms with Gasteiger partial charge in [0.2, 0.25) is 12.4 Å². The van der Waals surface area contributed by atoms with Crippen molar-refractivity contribution >= 4 is 23.5 Å². The van der Waals surface area contributed by atoms with Gasteiger partial charge < -0.3 is 14.2 Å². The number of hydrogen-bond acceptors (Lipinski definition) is 5. The number of aryl methyl sites for hydroxylation is 1. The molecule has 27 heavy (non-hydrogen) atoms. The molecule has 142 valence electrons. The van der Waals surface area contributed by atoms with Gasteiger partial charge in [-0.3, -0.25) is 0 Å². The highest BCUT2D eigenvalue weighted by molar-refractivity contribution is 6.20. The van der Waals surface area contributed by atoms with Gasteiger partial charge in [0.15, 0.2) is 11.2 Å².